The van der Waals surface area contributed by atoms with E-state index in [1.807, 2.05) is 6.92 Å². The van der Waals surface area contributed by atoms with Gasteiger partial charge >= 0.3 is 0 Å². The highest BCUT2D eigenvalue weighted by molar-refractivity contribution is 7.85. The van der Waals surface area contributed by atoms with E-state index in [4.69, 9.17) is 19.3 Å². The van der Waals surface area contributed by atoms with Gasteiger partial charge in [0.05, 0.1) is 58.4 Å². The third kappa shape index (κ3) is 10.0. The number of carbonyl (C=O) groups is 1. The molecule has 0 aromatic heterocycles. The summed E-state index contributed by atoms with van der Waals surface area (Å²) in [6.45, 7) is 13.0. The van der Waals surface area contributed by atoms with E-state index >= 15 is 0 Å². The van der Waals surface area contributed by atoms with E-state index in [1.165, 1.54) is 45.6 Å². The van der Waals surface area contributed by atoms with Gasteiger partial charge in [0.1, 0.15) is 16.7 Å². The van der Waals surface area contributed by atoms with Gasteiger partial charge in [-0.15, -0.1) is 0 Å². The number of benzene rings is 2. The minimum absolute atomic E-state index is 0.0739. The predicted molar refractivity (Wildman–Crippen MR) is 133 cm³/mol. The zero-order valence-electron chi connectivity index (χ0n) is 22.1. The fourth-order valence-corrected chi connectivity index (χ4v) is 3.79. The number of hydrogen-bond acceptors (Lipinski definition) is 9. The number of carboxylic acids is 1. The largest absolute Gasteiger partial charge is 0.744 e. The SMILES string of the molecule is CC[N+](CC)(CC)CCO.COc1ccc(C(=O)[O-])c(OC)c1OC.Cc1ccc(S(=O)(=O)[O-])cc1. The normalized spacial score (nSPS) is 10.8. The summed E-state index contributed by atoms with van der Waals surface area (Å²) in [6, 6.07) is 8.60. The van der Waals surface area contributed by atoms with Crippen molar-refractivity contribution in [1.29, 1.82) is 0 Å². The number of quaternary nitrogens is 1. The van der Waals surface area contributed by atoms with Crippen molar-refractivity contribution in [2.75, 3.05) is 54.1 Å². The van der Waals surface area contributed by atoms with Crippen LogP contribution in [0.15, 0.2) is 41.3 Å². The molecule has 36 heavy (non-hydrogen) atoms. The average Bonchev–Trinajstić information content (AvgIpc) is 2.86. The molecule has 0 fully saturated rings. The Balaban J connectivity index is 0.000000525. The topological polar surface area (TPSA) is 145 Å². The summed E-state index contributed by atoms with van der Waals surface area (Å²) in [5.41, 5.74) is 0.854. The lowest BCUT2D eigenvalue weighted by Gasteiger charge is -2.34. The Hall–Kier alpha value is -2.86. The third-order valence-corrected chi connectivity index (χ3v) is 6.67. The quantitative estimate of drug-likeness (QED) is 0.360. The summed E-state index contributed by atoms with van der Waals surface area (Å²) in [5.74, 6) is -0.592. The van der Waals surface area contributed by atoms with Crippen LogP contribution < -0.4 is 19.3 Å². The number of carbonyl (C=O) groups excluding carboxylic acids is 1. The number of aliphatic hydroxyl groups excluding tert-OH is 1. The maximum atomic E-state index is 10.8. The molecular formula is C25H38NO9S-. The molecule has 11 heteroatoms. The van der Waals surface area contributed by atoms with E-state index in [2.05, 4.69) is 20.8 Å². The first-order valence-electron chi connectivity index (χ1n) is 11.4. The van der Waals surface area contributed by atoms with Crippen LogP contribution in [0.4, 0.5) is 0 Å². The van der Waals surface area contributed by atoms with Crippen LogP contribution in [-0.4, -0.2) is 82.6 Å². The van der Waals surface area contributed by atoms with E-state index in [1.54, 1.807) is 12.1 Å². The van der Waals surface area contributed by atoms with Crippen LogP contribution in [0.2, 0.25) is 0 Å². The van der Waals surface area contributed by atoms with Crippen molar-refractivity contribution in [3.8, 4) is 17.2 Å². The number of rotatable bonds is 10. The van der Waals surface area contributed by atoms with Gasteiger partial charge in [0.25, 0.3) is 0 Å². The number of aliphatic hydroxyl groups is 1. The highest BCUT2D eigenvalue weighted by atomic mass is 32.2. The lowest BCUT2D eigenvalue weighted by atomic mass is 10.1. The van der Waals surface area contributed by atoms with Gasteiger partial charge in [0.15, 0.2) is 11.5 Å². The van der Waals surface area contributed by atoms with Gasteiger partial charge in [-0.1, -0.05) is 17.7 Å². The van der Waals surface area contributed by atoms with Crippen LogP contribution in [0.3, 0.4) is 0 Å². The van der Waals surface area contributed by atoms with E-state index < -0.39 is 16.1 Å². The zero-order chi connectivity index (χ0) is 27.9. The van der Waals surface area contributed by atoms with Crippen molar-refractivity contribution in [1.82, 2.24) is 0 Å². The van der Waals surface area contributed by atoms with Gasteiger partial charge in [0, 0.05) is 5.56 Å². The molecule has 0 saturated carbocycles. The molecule has 0 bridgehead atoms. The first-order valence-corrected chi connectivity index (χ1v) is 12.8. The smallest absolute Gasteiger partial charge is 0.203 e. The first kappa shape index (κ1) is 33.1. The molecule has 0 atom stereocenters. The maximum absolute atomic E-state index is 10.8. The number of nitrogens with zero attached hydrogens (tertiary/aromatic N) is 1. The van der Waals surface area contributed by atoms with Gasteiger partial charge in [-0.25, -0.2) is 8.42 Å². The van der Waals surface area contributed by atoms with Crippen molar-refractivity contribution < 1.29 is 46.7 Å². The molecule has 0 saturated heterocycles. The van der Waals surface area contributed by atoms with Crippen LogP contribution in [0, 0.1) is 6.92 Å². The molecule has 0 heterocycles. The summed E-state index contributed by atoms with van der Waals surface area (Å²) in [5, 5.41) is 19.5. The van der Waals surface area contributed by atoms with Crippen molar-refractivity contribution >= 4 is 16.1 Å². The lowest BCUT2D eigenvalue weighted by Crippen LogP contribution is -2.49. The fraction of sp³-hybridized carbons (Fsp3) is 0.480. The molecule has 10 nitrogen and oxygen atoms in total. The van der Waals surface area contributed by atoms with E-state index in [0.29, 0.717) is 12.4 Å². The maximum Gasteiger partial charge on any atom is 0.203 e. The summed E-state index contributed by atoms with van der Waals surface area (Å²) in [6.07, 6.45) is 0. The molecule has 0 amide bonds. The molecule has 0 unspecified atom stereocenters. The van der Waals surface area contributed by atoms with Gasteiger partial charge in [-0.3, -0.25) is 0 Å². The summed E-state index contributed by atoms with van der Waals surface area (Å²) in [7, 11) is -0.0621. The standard InChI is InChI=1S/C10H12O5.C8H20NO.C7H8O3S/c1-13-7-5-4-6(10(11)12)8(14-2)9(7)15-3;1-4-9(5-2,6-3)7-8-10;1-6-2-4-7(5-3-6)11(8,9)10/h4-5H,1-3H3,(H,11,12);10H,4-8H2,1-3H3;2-5H,1H3,(H,8,9,10)/q;+1;/p-2. The van der Waals surface area contributed by atoms with E-state index in [0.717, 1.165) is 36.2 Å². The van der Waals surface area contributed by atoms with Crippen LogP contribution in [0.25, 0.3) is 0 Å². The van der Waals surface area contributed by atoms with Crippen molar-refractivity contribution in [2.24, 2.45) is 0 Å². The zero-order valence-corrected chi connectivity index (χ0v) is 22.9. The minimum atomic E-state index is -4.27. The Morgan fingerprint density at radius 1 is 0.889 bits per heavy atom. The predicted octanol–water partition coefficient (Wildman–Crippen LogP) is 1.83. The summed E-state index contributed by atoms with van der Waals surface area (Å²) in [4.78, 5) is 10.6. The molecule has 0 aliphatic carbocycles. The lowest BCUT2D eigenvalue weighted by molar-refractivity contribution is -0.923. The molecular weight excluding hydrogens is 490 g/mol. The number of ether oxygens (including phenoxy) is 3. The Kier molecular flexibility index (Phi) is 14.7. The second-order valence-corrected chi connectivity index (χ2v) is 9.05. The molecule has 204 valence electrons. The van der Waals surface area contributed by atoms with Crippen LogP contribution >= 0.6 is 0 Å². The number of methoxy groups -OCH3 is 3. The van der Waals surface area contributed by atoms with Gasteiger partial charge in [0.2, 0.25) is 5.75 Å². The molecule has 1 N–H and O–H groups in total. The van der Waals surface area contributed by atoms with Crippen molar-refractivity contribution in [3.63, 3.8) is 0 Å². The molecule has 2 aromatic carbocycles. The Bertz CT molecular complexity index is 1030. The molecule has 0 spiro atoms. The first-order chi connectivity index (χ1) is 16.9. The second-order valence-electron chi connectivity index (χ2n) is 7.67. The third-order valence-electron chi connectivity index (χ3n) is 5.82. The fourth-order valence-electron chi connectivity index (χ4n) is 3.32. The monoisotopic (exact) mass is 528 g/mol. The Labute approximate surface area is 214 Å². The second kappa shape index (κ2) is 16.0. The van der Waals surface area contributed by atoms with Gasteiger partial charge < -0.3 is 38.3 Å². The molecule has 2 aromatic rings. The van der Waals surface area contributed by atoms with Gasteiger partial charge in [-0.2, -0.15) is 0 Å². The average molecular weight is 529 g/mol. The number of likely N-dealkylation sites (N-methyl/N-ethyl adjacent to an activating group) is 1. The van der Waals surface area contributed by atoms with Crippen molar-refractivity contribution in [2.45, 2.75) is 32.6 Å². The van der Waals surface area contributed by atoms with Crippen LogP contribution in [0.5, 0.6) is 17.2 Å². The number of aromatic carboxylic acids is 1. The molecule has 0 aliphatic heterocycles. The number of carboxylic acid groups (broad SMARTS) is 1. The molecule has 0 aliphatic rings. The summed E-state index contributed by atoms with van der Waals surface area (Å²) < 4.78 is 47.2. The van der Waals surface area contributed by atoms with E-state index in [-0.39, 0.29) is 22.0 Å². The number of hydrogen-bond donors (Lipinski definition) is 1. The highest BCUT2D eigenvalue weighted by Crippen LogP contribution is 2.39. The molecule has 2 rings (SSSR count). The van der Waals surface area contributed by atoms with Crippen LogP contribution in [0.1, 0.15) is 36.7 Å². The molecule has 0 radical (unpaired) electrons. The van der Waals surface area contributed by atoms with E-state index in [9.17, 15) is 22.9 Å². The Morgan fingerprint density at radius 3 is 1.69 bits per heavy atom. The summed E-state index contributed by atoms with van der Waals surface area (Å²) >= 11 is 0. The van der Waals surface area contributed by atoms with Crippen molar-refractivity contribution in [3.05, 3.63) is 47.5 Å². The van der Waals surface area contributed by atoms with Gasteiger partial charge in [-0.05, 0) is 52.0 Å². The minimum Gasteiger partial charge on any atom is -0.744 e. The number of aryl methyl sites for hydroxylation is 1. The Morgan fingerprint density at radius 2 is 1.39 bits per heavy atom. The van der Waals surface area contributed by atoms with Crippen LogP contribution in [-0.2, 0) is 10.1 Å². The highest BCUT2D eigenvalue weighted by Gasteiger charge is 2.18.